The van der Waals surface area contributed by atoms with E-state index >= 15 is 0 Å². The number of benzene rings is 1. The van der Waals surface area contributed by atoms with Crippen molar-refractivity contribution in [3.8, 4) is 0 Å². The van der Waals surface area contributed by atoms with E-state index in [4.69, 9.17) is 0 Å². The summed E-state index contributed by atoms with van der Waals surface area (Å²) in [6, 6.07) is 6.45. The summed E-state index contributed by atoms with van der Waals surface area (Å²) >= 11 is 0. The number of hydrogen-bond donors (Lipinski definition) is 2. The summed E-state index contributed by atoms with van der Waals surface area (Å²) < 4.78 is 0. The highest BCUT2D eigenvalue weighted by molar-refractivity contribution is 5.85. The molecule has 0 saturated heterocycles. The minimum atomic E-state index is 0. The van der Waals surface area contributed by atoms with Gasteiger partial charge in [0.2, 0.25) is 5.91 Å². The molecule has 2 N–H and O–H groups in total. The minimum absolute atomic E-state index is 0. The van der Waals surface area contributed by atoms with Gasteiger partial charge in [-0.15, -0.1) is 12.4 Å². The van der Waals surface area contributed by atoms with Crippen LogP contribution >= 0.6 is 12.4 Å². The van der Waals surface area contributed by atoms with E-state index in [1.54, 1.807) is 0 Å². The zero-order valence-electron chi connectivity index (χ0n) is 11.5. The van der Waals surface area contributed by atoms with E-state index in [2.05, 4.69) is 42.7 Å². The molecule has 18 heavy (non-hydrogen) atoms. The first-order chi connectivity index (χ1) is 8.02. The number of carbonyl (C=O) groups is 1. The Bertz CT molecular complexity index is 373. The third kappa shape index (κ3) is 5.52. The number of halogens is 1. The molecular formula is C14H23ClN2O. The molecule has 1 aromatic carbocycles. The Kier molecular flexibility index (Phi) is 7.64. The first-order valence-electron chi connectivity index (χ1n) is 6.05. The van der Waals surface area contributed by atoms with Crippen LogP contribution in [0.1, 0.15) is 36.1 Å². The average Bonchev–Trinajstić information content (AvgIpc) is 2.25. The first kappa shape index (κ1) is 16.9. The standard InChI is InChI=1S/C14H22N2O.ClH/c1-10-7-11(2)9-13(8-10)12(3)16-14(17)5-6-15-4;/h7-9,12,15H,5-6H2,1-4H3,(H,16,17);1H. The molecule has 1 unspecified atom stereocenters. The average molecular weight is 271 g/mol. The fourth-order valence-corrected chi connectivity index (χ4v) is 1.90. The molecule has 0 aliphatic carbocycles. The van der Waals surface area contributed by atoms with Gasteiger partial charge < -0.3 is 10.6 Å². The van der Waals surface area contributed by atoms with Gasteiger partial charge in [0.1, 0.15) is 0 Å². The highest BCUT2D eigenvalue weighted by Crippen LogP contribution is 2.16. The molecule has 102 valence electrons. The Morgan fingerprint density at radius 2 is 1.78 bits per heavy atom. The van der Waals surface area contributed by atoms with E-state index in [-0.39, 0.29) is 24.4 Å². The topological polar surface area (TPSA) is 41.1 Å². The van der Waals surface area contributed by atoms with Crippen LogP contribution in [0.4, 0.5) is 0 Å². The van der Waals surface area contributed by atoms with Crippen LogP contribution in [0.15, 0.2) is 18.2 Å². The van der Waals surface area contributed by atoms with Crippen molar-refractivity contribution >= 4 is 18.3 Å². The van der Waals surface area contributed by atoms with Crippen LogP contribution in [-0.4, -0.2) is 19.5 Å². The predicted molar refractivity (Wildman–Crippen MR) is 78.3 cm³/mol. The van der Waals surface area contributed by atoms with Crippen molar-refractivity contribution in [1.82, 2.24) is 10.6 Å². The number of nitrogens with one attached hydrogen (secondary N) is 2. The van der Waals surface area contributed by atoms with Gasteiger partial charge in [-0.25, -0.2) is 0 Å². The Balaban J connectivity index is 0.00000289. The number of hydrogen-bond acceptors (Lipinski definition) is 2. The van der Waals surface area contributed by atoms with E-state index in [1.807, 2.05) is 14.0 Å². The molecule has 1 amide bonds. The van der Waals surface area contributed by atoms with Crippen LogP contribution in [-0.2, 0) is 4.79 Å². The van der Waals surface area contributed by atoms with Crippen LogP contribution < -0.4 is 10.6 Å². The molecule has 0 aromatic heterocycles. The summed E-state index contributed by atoms with van der Waals surface area (Å²) in [5.41, 5.74) is 3.63. The molecule has 0 radical (unpaired) electrons. The lowest BCUT2D eigenvalue weighted by Crippen LogP contribution is -2.29. The van der Waals surface area contributed by atoms with Crippen LogP contribution in [0, 0.1) is 13.8 Å². The lowest BCUT2D eigenvalue weighted by Gasteiger charge is -2.15. The van der Waals surface area contributed by atoms with E-state index in [0.717, 1.165) is 0 Å². The molecule has 4 heteroatoms. The normalized spacial score (nSPS) is 11.6. The monoisotopic (exact) mass is 270 g/mol. The molecular weight excluding hydrogens is 248 g/mol. The van der Waals surface area contributed by atoms with Crippen molar-refractivity contribution in [3.05, 3.63) is 34.9 Å². The smallest absolute Gasteiger partial charge is 0.221 e. The minimum Gasteiger partial charge on any atom is -0.350 e. The van der Waals surface area contributed by atoms with Gasteiger partial charge in [0.15, 0.2) is 0 Å². The highest BCUT2D eigenvalue weighted by atomic mass is 35.5. The molecule has 0 spiro atoms. The van der Waals surface area contributed by atoms with Crippen molar-refractivity contribution in [2.75, 3.05) is 13.6 Å². The fraction of sp³-hybridized carbons (Fsp3) is 0.500. The maximum atomic E-state index is 11.6. The maximum absolute atomic E-state index is 11.6. The van der Waals surface area contributed by atoms with Gasteiger partial charge in [0, 0.05) is 13.0 Å². The fourth-order valence-electron chi connectivity index (χ4n) is 1.90. The summed E-state index contributed by atoms with van der Waals surface area (Å²) in [6.45, 7) is 6.88. The van der Waals surface area contributed by atoms with Crippen molar-refractivity contribution in [1.29, 1.82) is 0 Å². The van der Waals surface area contributed by atoms with E-state index in [9.17, 15) is 4.79 Å². The van der Waals surface area contributed by atoms with Crippen molar-refractivity contribution < 1.29 is 4.79 Å². The second kappa shape index (κ2) is 8.11. The molecule has 0 heterocycles. The van der Waals surface area contributed by atoms with Crippen molar-refractivity contribution in [2.24, 2.45) is 0 Å². The lowest BCUT2D eigenvalue weighted by atomic mass is 10.0. The van der Waals surface area contributed by atoms with Gasteiger partial charge in [-0.05, 0) is 33.4 Å². The maximum Gasteiger partial charge on any atom is 0.221 e. The van der Waals surface area contributed by atoms with E-state index in [1.165, 1.54) is 16.7 Å². The number of rotatable bonds is 5. The molecule has 0 aliphatic rings. The Morgan fingerprint density at radius 3 is 2.28 bits per heavy atom. The predicted octanol–water partition coefficient (Wildman–Crippen LogP) is 2.51. The van der Waals surface area contributed by atoms with Gasteiger partial charge in [-0.3, -0.25) is 4.79 Å². The molecule has 0 fully saturated rings. The van der Waals surface area contributed by atoms with E-state index < -0.39 is 0 Å². The third-order valence-corrected chi connectivity index (χ3v) is 2.72. The Hall–Kier alpha value is -1.06. The SMILES string of the molecule is CNCCC(=O)NC(C)c1cc(C)cc(C)c1.Cl. The van der Waals surface area contributed by atoms with Gasteiger partial charge >= 0.3 is 0 Å². The Labute approximate surface area is 116 Å². The van der Waals surface area contributed by atoms with Gasteiger partial charge in [0.05, 0.1) is 6.04 Å². The third-order valence-electron chi connectivity index (χ3n) is 2.72. The van der Waals surface area contributed by atoms with Crippen LogP contribution in [0.2, 0.25) is 0 Å². The van der Waals surface area contributed by atoms with Crippen molar-refractivity contribution in [3.63, 3.8) is 0 Å². The highest BCUT2D eigenvalue weighted by Gasteiger charge is 2.09. The lowest BCUT2D eigenvalue weighted by molar-refractivity contribution is -0.121. The van der Waals surface area contributed by atoms with Crippen LogP contribution in [0.3, 0.4) is 0 Å². The Morgan fingerprint density at radius 1 is 1.22 bits per heavy atom. The summed E-state index contributed by atoms with van der Waals surface area (Å²) in [7, 11) is 1.85. The molecule has 3 nitrogen and oxygen atoms in total. The number of aryl methyl sites for hydroxylation is 2. The van der Waals surface area contributed by atoms with Crippen LogP contribution in [0.25, 0.3) is 0 Å². The van der Waals surface area contributed by atoms with Crippen molar-refractivity contribution in [2.45, 2.75) is 33.2 Å². The number of carbonyl (C=O) groups excluding carboxylic acids is 1. The largest absolute Gasteiger partial charge is 0.350 e. The number of amides is 1. The molecule has 0 aliphatic heterocycles. The molecule has 1 atom stereocenters. The summed E-state index contributed by atoms with van der Waals surface area (Å²) in [5, 5.41) is 5.98. The zero-order chi connectivity index (χ0) is 12.8. The first-order valence-corrected chi connectivity index (χ1v) is 6.05. The van der Waals surface area contributed by atoms with Gasteiger partial charge in [-0.2, -0.15) is 0 Å². The second-order valence-corrected chi connectivity index (χ2v) is 4.56. The summed E-state index contributed by atoms with van der Waals surface area (Å²) in [4.78, 5) is 11.6. The molecule has 1 rings (SSSR count). The molecule has 1 aromatic rings. The summed E-state index contributed by atoms with van der Waals surface area (Å²) in [6.07, 6.45) is 0.519. The molecule has 0 saturated carbocycles. The van der Waals surface area contributed by atoms with Crippen LogP contribution in [0.5, 0.6) is 0 Å². The zero-order valence-corrected chi connectivity index (χ0v) is 12.4. The van der Waals surface area contributed by atoms with Gasteiger partial charge in [-0.1, -0.05) is 29.3 Å². The second-order valence-electron chi connectivity index (χ2n) is 4.56. The molecule has 0 bridgehead atoms. The van der Waals surface area contributed by atoms with E-state index in [0.29, 0.717) is 13.0 Å². The van der Waals surface area contributed by atoms with Gasteiger partial charge in [0.25, 0.3) is 0 Å². The summed E-state index contributed by atoms with van der Waals surface area (Å²) in [5.74, 6) is 0.0889. The quantitative estimate of drug-likeness (QED) is 0.863.